The average molecular weight is 492 g/mol. The molecule has 4 rings (SSSR count). The minimum absolute atomic E-state index is 0.173. The molecule has 0 spiro atoms. The third-order valence-electron chi connectivity index (χ3n) is 6.62. The second kappa shape index (κ2) is 10.9. The first-order valence-electron chi connectivity index (χ1n) is 11.6. The van der Waals surface area contributed by atoms with E-state index in [1.54, 1.807) is 17.0 Å². The molecule has 4 atom stereocenters. The van der Waals surface area contributed by atoms with Crippen molar-refractivity contribution in [3.05, 3.63) is 66.2 Å². The predicted molar refractivity (Wildman–Crippen MR) is 126 cm³/mol. The van der Waals surface area contributed by atoms with E-state index in [0.717, 1.165) is 5.56 Å². The van der Waals surface area contributed by atoms with Gasteiger partial charge in [0.2, 0.25) is 5.92 Å². The molecule has 9 heteroatoms. The van der Waals surface area contributed by atoms with E-state index in [-0.39, 0.29) is 31.4 Å². The van der Waals surface area contributed by atoms with E-state index in [2.05, 4.69) is 0 Å². The summed E-state index contributed by atoms with van der Waals surface area (Å²) in [6.07, 6.45) is 0.0839. The minimum atomic E-state index is -2.73. The molecule has 1 amide bonds. The van der Waals surface area contributed by atoms with Crippen molar-refractivity contribution in [2.24, 2.45) is 11.7 Å². The monoisotopic (exact) mass is 491 g/mol. The molecule has 0 aromatic heterocycles. The van der Waals surface area contributed by atoms with Crippen LogP contribution in [0.3, 0.4) is 0 Å². The normalized spacial score (nSPS) is 25.7. The number of hydrogen-bond acceptors (Lipinski definition) is 4. The highest BCUT2D eigenvalue weighted by molar-refractivity contribution is 7.82. The number of nitrogens with two attached hydrogens (primary N) is 1. The van der Waals surface area contributed by atoms with Crippen LogP contribution >= 0.6 is 0 Å². The largest absolute Gasteiger partial charge is 0.445 e. The van der Waals surface area contributed by atoms with Gasteiger partial charge in [-0.1, -0.05) is 48.5 Å². The van der Waals surface area contributed by atoms with Crippen molar-refractivity contribution in [1.82, 2.24) is 9.21 Å². The molecule has 1 heterocycles. The molecule has 1 saturated heterocycles. The molecule has 1 saturated carbocycles. The standard InChI is InChI=1S/C25H31F2N3O3S/c26-25(27)15-20(23(28)16-25)11-12-21-17-29(24(31)33-18-19-7-3-1-4-8-19)13-14-30(21)34(32)22-9-5-2-6-10-22/h1-10,20-21,23H,11-18,28H2/t20?,21-,23?,34?/m0/s1. The summed E-state index contributed by atoms with van der Waals surface area (Å²) >= 11 is 0. The molecule has 2 aliphatic rings. The Labute approximate surface area is 201 Å². The number of carbonyl (C=O) groups is 1. The number of amides is 1. The zero-order valence-corrected chi connectivity index (χ0v) is 19.8. The first kappa shape index (κ1) is 24.8. The second-order valence-corrected chi connectivity index (χ2v) is 10.5. The van der Waals surface area contributed by atoms with Crippen LogP contribution in [0.4, 0.5) is 13.6 Å². The van der Waals surface area contributed by atoms with E-state index < -0.39 is 29.0 Å². The van der Waals surface area contributed by atoms with E-state index in [1.807, 2.05) is 52.8 Å². The molecule has 0 bridgehead atoms. The van der Waals surface area contributed by atoms with Gasteiger partial charge in [-0.05, 0) is 36.5 Å². The number of halogens is 2. The van der Waals surface area contributed by atoms with Gasteiger partial charge in [0.1, 0.15) is 17.6 Å². The number of ether oxygens (including phenoxy) is 1. The minimum Gasteiger partial charge on any atom is -0.445 e. The Morgan fingerprint density at radius 3 is 2.35 bits per heavy atom. The fraction of sp³-hybridized carbons (Fsp3) is 0.480. The van der Waals surface area contributed by atoms with Gasteiger partial charge in [0.15, 0.2) is 0 Å². The topological polar surface area (TPSA) is 75.9 Å². The van der Waals surface area contributed by atoms with Crippen LogP contribution in [0.5, 0.6) is 0 Å². The summed E-state index contributed by atoms with van der Waals surface area (Å²) in [4.78, 5) is 15.0. The Kier molecular flexibility index (Phi) is 7.95. The fourth-order valence-corrected chi connectivity index (χ4v) is 6.14. The lowest BCUT2D eigenvalue weighted by Gasteiger charge is -2.40. The first-order valence-corrected chi connectivity index (χ1v) is 12.8. The number of hydrogen-bond donors (Lipinski definition) is 1. The van der Waals surface area contributed by atoms with Crippen LogP contribution in [0, 0.1) is 5.92 Å². The number of carbonyl (C=O) groups excluding carboxylic acids is 1. The van der Waals surface area contributed by atoms with Crippen LogP contribution in [0.25, 0.3) is 0 Å². The Morgan fingerprint density at radius 1 is 1.03 bits per heavy atom. The molecule has 0 radical (unpaired) electrons. The lowest BCUT2D eigenvalue weighted by atomic mass is 9.95. The zero-order valence-electron chi connectivity index (χ0n) is 19.0. The van der Waals surface area contributed by atoms with Gasteiger partial charge in [-0.2, -0.15) is 0 Å². The van der Waals surface area contributed by atoms with Gasteiger partial charge in [-0.25, -0.2) is 22.1 Å². The van der Waals surface area contributed by atoms with Crippen LogP contribution in [0.1, 0.15) is 31.2 Å². The second-order valence-electron chi connectivity index (χ2n) is 9.11. The van der Waals surface area contributed by atoms with Crippen molar-refractivity contribution >= 4 is 17.1 Å². The fourth-order valence-electron chi connectivity index (χ4n) is 4.79. The summed E-state index contributed by atoms with van der Waals surface area (Å²) in [5, 5.41) is 0. The lowest BCUT2D eigenvalue weighted by molar-refractivity contribution is 0.00360. The van der Waals surface area contributed by atoms with Crippen molar-refractivity contribution in [3.63, 3.8) is 0 Å². The molecule has 34 heavy (non-hydrogen) atoms. The Balaban J connectivity index is 1.42. The Bertz CT molecular complexity index is 980. The maximum Gasteiger partial charge on any atom is 0.410 e. The van der Waals surface area contributed by atoms with E-state index in [4.69, 9.17) is 10.5 Å². The van der Waals surface area contributed by atoms with Crippen molar-refractivity contribution < 1.29 is 22.5 Å². The lowest BCUT2D eigenvalue weighted by Crippen LogP contribution is -2.55. The third-order valence-corrected chi connectivity index (χ3v) is 8.20. The van der Waals surface area contributed by atoms with Crippen molar-refractivity contribution in [2.75, 3.05) is 19.6 Å². The Morgan fingerprint density at radius 2 is 1.71 bits per heavy atom. The molecule has 184 valence electrons. The first-order chi connectivity index (χ1) is 16.3. The van der Waals surface area contributed by atoms with E-state index in [0.29, 0.717) is 37.4 Å². The number of benzene rings is 2. The van der Waals surface area contributed by atoms with Gasteiger partial charge in [0.25, 0.3) is 0 Å². The summed E-state index contributed by atoms with van der Waals surface area (Å²) in [6.45, 7) is 1.28. The van der Waals surface area contributed by atoms with Crippen LogP contribution in [-0.2, 0) is 22.3 Å². The van der Waals surface area contributed by atoms with Crippen molar-refractivity contribution in [3.8, 4) is 0 Å². The number of piperazine rings is 1. The quantitative estimate of drug-likeness (QED) is 0.630. The van der Waals surface area contributed by atoms with Gasteiger partial charge in [0, 0.05) is 44.6 Å². The van der Waals surface area contributed by atoms with Gasteiger partial charge >= 0.3 is 6.09 Å². The molecule has 6 nitrogen and oxygen atoms in total. The van der Waals surface area contributed by atoms with Crippen molar-refractivity contribution in [2.45, 2.75) is 55.2 Å². The van der Waals surface area contributed by atoms with Crippen LogP contribution in [0.2, 0.25) is 0 Å². The smallest absolute Gasteiger partial charge is 0.410 e. The van der Waals surface area contributed by atoms with Crippen LogP contribution < -0.4 is 5.73 Å². The van der Waals surface area contributed by atoms with E-state index in [9.17, 15) is 17.8 Å². The summed E-state index contributed by atoms with van der Waals surface area (Å²) < 4.78 is 48.3. The average Bonchev–Trinajstić information content (AvgIpc) is 3.12. The molecular weight excluding hydrogens is 460 g/mol. The van der Waals surface area contributed by atoms with Crippen molar-refractivity contribution in [1.29, 1.82) is 0 Å². The molecule has 2 fully saturated rings. The van der Waals surface area contributed by atoms with E-state index >= 15 is 0 Å². The summed E-state index contributed by atoms with van der Waals surface area (Å²) in [7, 11) is -1.41. The molecule has 2 aromatic rings. The number of alkyl halides is 2. The maximum atomic E-state index is 13.8. The highest BCUT2D eigenvalue weighted by Crippen LogP contribution is 2.40. The molecule has 2 N–H and O–H groups in total. The van der Waals surface area contributed by atoms with Gasteiger partial charge in [0.05, 0.1) is 4.90 Å². The Hall–Kier alpha value is -2.36. The van der Waals surface area contributed by atoms with Crippen LogP contribution in [-0.4, -0.2) is 57.1 Å². The van der Waals surface area contributed by atoms with Gasteiger partial charge in [-0.3, -0.25) is 0 Å². The highest BCUT2D eigenvalue weighted by atomic mass is 32.2. The summed E-state index contributed by atoms with van der Waals surface area (Å²) in [5.41, 5.74) is 6.88. The number of rotatable bonds is 7. The zero-order chi connectivity index (χ0) is 24.1. The molecule has 1 aliphatic carbocycles. The van der Waals surface area contributed by atoms with Gasteiger partial charge in [-0.15, -0.1) is 0 Å². The molecule has 3 unspecified atom stereocenters. The summed E-state index contributed by atoms with van der Waals surface area (Å²) in [5.74, 6) is -3.02. The number of nitrogens with zero attached hydrogens (tertiary/aromatic N) is 2. The molecule has 2 aromatic carbocycles. The van der Waals surface area contributed by atoms with Crippen LogP contribution in [0.15, 0.2) is 65.6 Å². The highest BCUT2D eigenvalue weighted by Gasteiger charge is 2.45. The van der Waals surface area contributed by atoms with E-state index in [1.165, 1.54) is 0 Å². The summed E-state index contributed by atoms with van der Waals surface area (Å²) in [6, 6.07) is 17.8. The predicted octanol–water partition coefficient (Wildman–Crippen LogP) is 4.19. The third kappa shape index (κ3) is 6.20. The molecular formula is C25H31F2N3O3S. The maximum absolute atomic E-state index is 13.8. The van der Waals surface area contributed by atoms with Gasteiger partial charge < -0.3 is 15.4 Å². The SMILES string of the molecule is NC1CC(F)(F)CC1CC[C@H]1CN(C(=O)OCc2ccccc2)CCN1S(=O)c1ccccc1. The molecule has 1 aliphatic heterocycles.